The van der Waals surface area contributed by atoms with Gasteiger partial charge in [-0.15, -0.1) is 0 Å². The zero-order valence-corrected chi connectivity index (χ0v) is 10.7. The highest BCUT2D eigenvalue weighted by Crippen LogP contribution is 2.12. The summed E-state index contributed by atoms with van der Waals surface area (Å²) in [6.45, 7) is 2.00. The molecule has 0 spiro atoms. The maximum atomic E-state index is 5.67. The first-order chi connectivity index (χ1) is 8.90. The molecule has 2 unspecified atom stereocenters. The lowest BCUT2D eigenvalue weighted by Crippen LogP contribution is -2.49. The van der Waals surface area contributed by atoms with Crippen LogP contribution in [0.4, 0.5) is 0 Å². The van der Waals surface area contributed by atoms with Crippen LogP contribution in [-0.4, -0.2) is 32.0 Å². The number of nitrogens with one attached hydrogen (secondary N) is 1. The molecule has 3 N–H and O–H groups in total. The van der Waals surface area contributed by atoms with E-state index < -0.39 is 0 Å². The highest BCUT2D eigenvalue weighted by atomic mass is 16.6. The van der Waals surface area contributed by atoms with Crippen molar-refractivity contribution in [1.82, 2.24) is 5.43 Å². The zero-order chi connectivity index (χ0) is 12.6. The van der Waals surface area contributed by atoms with Crippen LogP contribution in [0.25, 0.3) is 0 Å². The molecule has 1 aromatic carbocycles. The molecule has 1 aliphatic heterocycles. The van der Waals surface area contributed by atoms with Gasteiger partial charge in [-0.25, -0.2) is 0 Å². The first-order valence-electron chi connectivity index (χ1n) is 6.59. The summed E-state index contributed by atoms with van der Waals surface area (Å²) in [6.07, 6.45) is 3.25. The molecule has 1 saturated heterocycles. The fraction of sp³-hybridized carbons (Fsp3) is 0.571. The van der Waals surface area contributed by atoms with Crippen LogP contribution in [0.3, 0.4) is 0 Å². The van der Waals surface area contributed by atoms with Gasteiger partial charge in [-0.1, -0.05) is 30.3 Å². The Hall–Kier alpha value is -0.940. The minimum atomic E-state index is 0.0829. The molecule has 0 amide bonds. The first kappa shape index (κ1) is 13.5. The van der Waals surface area contributed by atoms with Gasteiger partial charge in [-0.2, -0.15) is 0 Å². The first-order valence-corrected chi connectivity index (χ1v) is 6.59. The van der Waals surface area contributed by atoms with Gasteiger partial charge in [0, 0.05) is 6.04 Å². The van der Waals surface area contributed by atoms with E-state index in [-0.39, 0.29) is 12.1 Å². The number of nitrogens with two attached hydrogens (primary N) is 1. The molecule has 18 heavy (non-hydrogen) atoms. The van der Waals surface area contributed by atoms with Crippen molar-refractivity contribution in [1.29, 1.82) is 0 Å². The topological polar surface area (TPSA) is 56.5 Å². The Bertz CT molecular complexity index is 326. The van der Waals surface area contributed by atoms with Crippen LogP contribution >= 0.6 is 0 Å². The van der Waals surface area contributed by atoms with Crippen molar-refractivity contribution in [3.05, 3.63) is 35.9 Å². The van der Waals surface area contributed by atoms with Gasteiger partial charge in [-0.3, -0.25) is 11.3 Å². The molecule has 2 atom stereocenters. The van der Waals surface area contributed by atoms with Crippen molar-refractivity contribution >= 4 is 0 Å². The van der Waals surface area contributed by atoms with Gasteiger partial charge >= 0.3 is 0 Å². The van der Waals surface area contributed by atoms with E-state index in [4.69, 9.17) is 15.3 Å². The van der Waals surface area contributed by atoms with Gasteiger partial charge in [-0.05, 0) is 24.8 Å². The number of rotatable bonds is 6. The van der Waals surface area contributed by atoms with Crippen molar-refractivity contribution < 1.29 is 9.47 Å². The lowest BCUT2D eigenvalue weighted by atomic mass is 10.0. The van der Waals surface area contributed by atoms with Crippen molar-refractivity contribution in [2.45, 2.75) is 31.4 Å². The summed E-state index contributed by atoms with van der Waals surface area (Å²) in [6, 6.07) is 10.7. The van der Waals surface area contributed by atoms with Gasteiger partial charge in [0.1, 0.15) is 0 Å². The molecular formula is C14H22N2O2. The van der Waals surface area contributed by atoms with E-state index in [0.29, 0.717) is 19.8 Å². The van der Waals surface area contributed by atoms with E-state index in [9.17, 15) is 0 Å². The Kier molecular flexibility index (Phi) is 5.61. The second kappa shape index (κ2) is 7.48. The predicted molar refractivity (Wildman–Crippen MR) is 71.1 cm³/mol. The normalized spacial score (nSPS) is 21.7. The molecule has 0 radical (unpaired) electrons. The van der Waals surface area contributed by atoms with Crippen LogP contribution in [0.5, 0.6) is 0 Å². The smallest absolute Gasteiger partial charge is 0.0975 e. The molecule has 1 fully saturated rings. The van der Waals surface area contributed by atoms with Crippen LogP contribution < -0.4 is 11.3 Å². The Morgan fingerprint density at radius 1 is 1.28 bits per heavy atom. The van der Waals surface area contributed by atoms with Gasteiger partial charge in [0.25, 0.3) is 0 Å². The minimum absolute atomic E-state index is 0.0829. The Labute approximate surface area is 108 Å². The molecule has 4 nitrogen and oxygen atoms in total. The van der Waals surface area contributed by atoms with Gasteiger partial charge in [0.2, 0.25) is 0 Å². The standard InChI is InChI=1S/C14H22N2O2/c15-16-13(14-11-17-9-10-18-14)8-4-7-12-5-2-1-3-6-12/h1-3,5-6,13-14,16H,4,7-11,15H2. The van der Waals surface area contributed by atoms with Crippen LogP contribution in [-0.2, 0) is 15.9 Å². The number of benzene rings is 1. The number of hydrazine groups is 1. The highest BCUT2D eigenvalue weighted by Gasteiger charge is 2.23. The van der Waals surface area contributed by atoms with Crippen LogP contribution in [0, 0.1) is 0 Å². The lowest BCUT2D eigenvalue weighted by molar-refractivity contribution is -0.102. The third kappa shape index (κ3) is 4.07. The highest BCUT2D eigenvalue weighted by molar-refractivity contribution is 5.14. The molecular weight excluding hydrogens is 228 g/mol. The third-order valence-corrected chi connectivity index (χ3v) is 3.33. The zero-order valence-electron chi connectivity index (χ0n) is 10.7. The van der Waals surface area contributed by atoms with Crippen LogP contribution in [0.1, 0.15) is 18.4 Å². The van der Waals surface area contributed by atoms with E-state index in [2.05, 4.69) is 29.7 Å². The molecule has 0 bridgehead atoms. The third-order valence-electron chi connectivity index (χ3n) is 3.33. The van der Waals surface area contributed by atoms with Gasteiger partial charge in [0.15, 0.2) is 0 Å². The second-order valence-corrected chi connectivity index (χ2v) is 4.64. The summed E-state index contributed by atoms with van der Waals surface area (Å²) >= 11 is 0. The predicted octanol–water partition coefficient (Wildman–Crippen LogP) is 1.26. The molecule has 0 aromatic heterocycles. The van der Waals surface area contributed by atoms with Crippen molar-refractivity contribution in [3.63, 3.8) is 0 Å². The fourth-order valence-corrected chi connectivity index (χ4v) is 2.29. The summed E-state index contributed by atoms with van der Waals surface area (Å²) in [4.78, 5) is 0. The van der Waals surface area contributed by atoms with E-state index >= 15 is 0 Å². The maximum absolute atomic E-state index is 5.67. The second-order valence-electron chi connectivity index (χ2n) is 4.64. The van der Waals surface area contributed by atoms with Gasteiger partial charge < -0.3 is 9.47 Å². The molecule has 100 valence electrons. The average molecular weight is 250 g/mol. The van der Waals surface area contributed by atoms with E-state index in [1.54, 1.807) is 0 Å². The van der Waals surface area contributed by atoms with Crippen LogP contribution in [0.2, 0.25) is 0 Å². The van der Waals surface area contributed by atoms with E-state index in [0.717, 1.165) is 19.3 Å². The number of hydrogen-bond donors (Lipinski definition) is 2. The monoisotopic (exact) mass is 250 g/mol. The van der Waals surface area contributed by atoms with Crippen molar-refractivity contribution in [2.24, 2.45) is 5.84 Å². The van der Waals surface area contributed by atoms with Crippen molar-refractivity contribution in [3.8, 4) is 0 Å². The van der Waals surface area contributed by atoms with Crippen LogP contribution in [0.15, 0.2) is 30.3 Å². The molecule has 1 heterocycles. The largest absolute Gasteiger partial charge is 0.376 e. The summed E-state index contributed by atoms with van der Waals surface area (Å²) in [7, 11) is 0. The number of ether oxygens (including phenoxy) is 2. The summed E-state index contributed by atoms with van der Waals surface area (Å²) < 4.78 is 11.1. The quantitative estimate of drug-likeness (QED) is 0.589. The molecule has 4 heteroatoms. The summed E-state index contributed by atoms with van der Waals surface area (Å²) in [5.41, 5.74) is 4.22. The molecule has 0 saturated carbocycles. The Morgan fingerprint density at radius 2 is 2.11 bits per heavy atom. The molecule has 1 aliphatic rings. The molecule has 1 aromatic rings. The SMILES string of the molecule is NNC(CCCc1ccccc1)C1COCCO1. The number of aryl methyl sites for hydroxylation is 1. The number of hydrogen-bond acceptors (Lipinski definition) is 4. The lowest BCUT2D eigenvalue weighted by Gasteiger charge is -2.30. The molecule has 2 rings (SSSR count). The minimum Gasteiger partial charge on any atom is -0.376 e. The van der Waals surface area contributed by atoms with Gasteiger partial charge in [0.05, 0.1) is 25.9 Å². The fourth-order valence-electron chi connectivity index (χ4n) is 2.29. The summed E-state index contributed by atoms with van der Waals surface area (Å²) in [5, 5.41) is 0. The van der Waals surface area contributed by atoms with E-state index in [1.807, 2.05) is 6.07 Å². The Morgan fingerprint density at radius 3 is 2.78 bits per heavy atom. The maximum Gasteiger partial charge on any atom is 0.0975 e. The Balaban J connectivity index is 1.73. The average Bonchev–Trinajstić information content (AvgIpc) is 2.46. The van der Waals surface area contributed by atoms with E-state index in [1.165, 1.54) is 5.56 Å². The molecule has 0 aliphatic carbocycles. The summed E-state index contributed by atoms with van der Waals surface area (Å²) in [5.74, 6) is 5.60. The van der Waals surface area contributed by atoms with Crippen molar-refractivity contribution in [2.75, 3.05) is 19.8 Å².